The zero-order chi connectivity index (χ0) is 15.1. The molecule has 2 rings (SSSR count). The van der Waals surface area contributed by atoms with Crippen LogP contribution in [-0.2, 0) is 0 Å². The summed E-state index contributed by atoms with van der Waals surface area (Å²) in [6, 6.07) is 10.3. The fraction of sp³-hybridized carbons (Fsp3) is 0.267. The number of thiocarbonyl (C=S) groups is 1. The van der Waals surface area contributed by atoms with E-state index in [1.54, 1.807) is 12.4 Å². The highest BCUT2D eigenvalue weighted by molar-refractivity contribution is 7.80. The molecule has 0 aliphatic rings. The Morgan fingerprint density at radius 1 is 1.24 bits per heavy atom. The zero-order valence-corrected chi connectivity index (χ0v) is 12.8. The summed E-state index contributed by atoms with van der Waals surface area (Å²) >= 11 is 4.96. The normalized spacial score (nSPS) is 10.1. The quantitative estimate of drug-likeness (QED) is 0.603. The number of nitrogens with two attached hydrogens (primary N) is 1. The number of anilines is 2. The van der Waals surface area contributed by atoms with Crippen molar-refractivity contribution in [2.24, 2.45) is 5.73 Å². The van der Waals surface area contributed by atoms with Crippen LogP contribution in [0.15, 0.2) is 42.7 Å². The van der Waals surface area contributed by atoms with E-state index >= 15 is 0 Å². The van der Waals surface area contributed by atoms with E-state index in [0.717, 1.165) is 19.5 Å². The lowest BCUT2D eigenvalue weighted by atomic mass is 10.3. The molecule has 1 aromatic heterocycles. The van der Waals surface area contributed by atoms with Crippen molar-refractivity contribution in [2.45, 2.75) is 6.42 Å². The van der Waals surface area contributed by atoms with E-state index in [1.165, 1.54) is 5.69 Å². The van der Waals surface area contributed by atoms with Crippen molar-refractivity contribution in [3.63, 3.8) is 0 Å². The fourth-order valence-corrected chi connectivity index (χ4v) is 2.13. The number of nitrogens with zero attached hydrogens (tertiary/aromatic N) is 3. The van der Waals surface area contributed by atoms with Gasteiger partial charge in [0.25, 0.3) is 0 Å². The molecule has 2 aromatic rings. The molecule has 5 nitrogen and oxygen atoms in total. The van der Waals surface area contributed by atoms with Crippen LogP contribution in [0.5, 0.6) is 0 Å². The third-order valence-electron chi connectivity index (χ3n) is 3.09. The van der Waals surface area contributed by atoms with Gasteiger partial charge in [0.1, 0.15) is 10.7 Å². The van der Waals surface area contributed by atoms with Gasteiger partial charge in [-0.05, 0) is 18.6 Å². The van der Waals surface area contributed by atoms with E-state index in [9.17, 15) is 0 Å². The fourth-order valence-electron chi connectivity index (χ4n) is 1.98. The minimum atomic E-state index is 0.256. The van der Waals surface area contributed by atoms with E-state index < -0.39 is 0 Å². The monoisotopic (exact) mass is 301 g/mol. The smallest absolute Gasteiger partial charge is 0.155 e. The highest BCUT2D eigenvalue weighted by Crippen LogP contribution is 2.11. The molecule has 0 amide bonds. The molecule has 0 saturated heterocycles. The molecule has 0 fully saturated rings. The molecule has 21 heavy (non-hydrogen) atoms. The second-order valence-electron chi connectivity index (χ2n) is 4.66. The van der Waals surface area contributed by atoms with Gasteiger partial charge in [-0.1, -0.05) is 30.4 Å². The number of benzene rings is 1. The molecular formula is C15H19N5S. The maximum Gasteiger partial charge on any atom is 0.155 e. The highest BCUT2D eigenvalue weighted by Gasteiger charge is 2.07. The predicted octanol–water partition coefficient (Wildman–Crippen LogP) is 2.05. The SMILES string of the molecule is CN(CCCNc1nccnc1C(N)=S)c1ccccc1. The van der Waals surface area contributed by atoms with Crippen molar-refractivity contribution in [1.29, 1.82) is 0 Å². The van der Waals surface area contributed by atoms with Crippen LogP contribution in [0.3, 0.4) is 0 Å². The van der Waals surface area contributed by atoms with E-state index in [-0.39, 0.29) is 4.99 Å². The van der Waals surface area contributed by atoms with E-state index in [2.05, 4.69) is 39.4 Å². The number of aromatic nitrogens is 2. The number of rotatable bonds is 7. The van der Waals surface area contributed by atoms with Gasteiger partial charge in [-0.25, -0.2) is 9.97 Å². The molecule has 0 atom stereocenters. The molecule has 0 saturated carbocycles. The molecule has 3 N–H and O–H groups in total. The first kappa shape index (κ1) is 15.2. The van der Waals surface area contributed by atoms with Crippen molar-refractivity contribution in [1.82, 2.24) is 9.97 Å². The van der Waals surface area contributed by atoms with Crippen LogP contribution in [0, 0.1) is 0 Å². The van der Waals surface area contributed by atoms with Gasteiger partial charge in [-0.15, -0.1) is 0 Å². The van der Waals surface area contributed by atoms with Crippen LogP contribution in [0.25, 0.3) is 0 Å². The molecule has 0 unspecified atom stereocenters. The Balaban J connectivity index is 1.81. The first-order valence-corrected chi connectivity index (χ1v) is 7.20. The standard InChI is InChI=1S/C15H19N5S/c1-20(12-6-3-2-4-7-12)11-5-8-18-15-13(14(16)21)17-9-10-19-15/h2-4,6-7,9-10H,5,8,11H2,1H3,(H2,16,21)(H,18,19). The van der Waals surface area contributed by atoms with Gasteiger partial charge >= 0.3 is 0 Å². The van der Waals surface area contributed by atoms with Crippen LogP contribution in [0.4, 0.5) is 11.5 Å². The van der Waals surface area contributed by atoms with Gasteiger partial charge in [0.15, 0.2) is 5.82 Å². The molecule has 0 spiro atoms. The first-order valence-electron chi connectivity index (χ1n) is 6.79. The van der Waals surface area contributed by atoms with Crippen molar-refractivity contribution in [3.8, 4) is 0 Å². The molecule has 0 aliphatic heterocycles. The molecular weight excluding hydrogens is 282 g/mol. The van der Waals surface area contributed by atoms with Gasteiger partial charge in [0.05, 0.1) is 0 Å². The molecule has 6 heteroatoms. The summed E-state index contributed by atoms with van der Waals surface area (Å²) in [6.07, 6.45) is 4.18. The van der Waals surface area contributed by atoms with Crippen molar-refractivity contribution in [2.75, 3.05) is 30.4 Å². The Hall–Kier alpha value is -2.21. The zero-order valence-electron chi connectivity index (χ0n) is 12.0. The van der Waals surface area contributed by atoms with Gasteiger partial charge in [0.2, 0.25) is 0 Å². The summed E-state index contributed by atoms with van der Waals surface area (Å²) < 4.78 is 0. The van der Waals surface area contributed by atoms with E-state index in [1.807, 2.05) is 18.2 Å². The third-order valence-corrected chi connectivity index (χ3v) is 3.28. The summed E-state index contributed by atoms with van der Waals surface area (Å²) in [4.78, 5) is 10.8. The van der Waals surface area contributed by atoms with Crippen LogP contribution in [-0.4, -0.2) is 35.1 Å². The molecule has 0 aliphatic carbocycles. The summed E-state index contributed by atoms with van der Waals surface area (Å²) in [7, 11) is 2.08. The Morgan fingerprint density at radius 3 is 2.67 bits per heavy atom. The Bertz CT molecular complexity index is 588. The van der Waals surface area contributed by atoms with Gasteiger partial charge in [0, 0.05) is 38.2 Å². The molecule has 1 heterocycles. The largest absolute Gasteiger partial charge is 0.388 e. The van der Waals surface area contributed by atoms with Gasteiger partial charge in [-0.2, -0.15) is 0 Å². The lowest BCUT2D eigenvalue weighted by molar-refractivity contribution is 0.813. The van der Waals surface area contributed by atoms with Crippen LogP contribution in [0.2, 0.25) is 0 Å². The van der Waals surface area contributed by atoms with Crippen LogP contribution >= 0.6 is 12.2 Å². The van der Waals surface area contributed by atoms with Crippen molar-refractivity contribution in [3.05, 3.63) is 48.4 Å². The van der Waals surface area contributed by atoms with Crippen LogP contribution in [0.1, 0.15) is 12.1 Å². The lowest BCUT2D eigenvalue weighted by Gasteiger charge is -2.19. The van der Waals surface area contributed by atoms with Crippen LogP contribution < -0.4 is 16.0 Å². The number of nitrogens with one attached hydrogen (secondary N) is 1. The number of hydrogen-bond acceptors (Lipinski definition) is 5. The minimum absolute atomic E-state index is 0.256. The molecule has 110 valence electrons. The average molecular weight is 301 g/mol. The second kappa shape index (κ2) is 7.54. The molecule has 1 aromatic carbocycles. The maximum atomic E-state index is 5.62. The van der Waals surface area contributed by atoms with Gasteiger partial charge < -0.3 is 16.0 Å². The third kappa shape index (κ3) is 4.39. The Morgan fingerprint density at radius 2 is 1.95 bits per heavy atom. The maximum absolute atomic E-state index is 5.62. The molecule has 0 bridgehead atoms. The molecule has 0 radical (unpaired) electrons. The van der Waals surface area contributed by atoms with Crippen molar-refractivity contribution < 1.29 is 0 Å². The highest BCUT2D eigenvalue weighted by atomic mass is 32.1. The number of hydrogen-bond donors (Lipinski definition) is 2. The van der Waals surface area contributed by atoms with Crippen molar-refractivity contribution >= 4 is 28.7 Å². The summed E-state index contributed by atoms with van der Waals surface area (Å²) in [5.74, 6) is 0.646. The Labute approximate surface area is 130 Å². The second-order valence-corrected chi connectivity index (χ2v) is 5.10. The summed E-state index contributed by atoms with van der Waals surface area (Å²) in [5, 5.41) is 3.23. The number of para-hydroxylation sites is 1. The van der Waals surface area contributed by atoms with E-state index in [0.29, 0.717) is 11.5 Å². The van der Waals surface area contributed by atoms with E-state index in [4.69, 9.17) is 18.0 Å². The topological polar surface area (TPSA) is 67.1 Å². The summed E-state index contributed by atoms with van der Waals surface area (Å²) in [6.45, 7) is 1.73. The predicted molar refractivity (Wildman–Crippen MR) is 90.7 cm³/mol. The lowest BCUT2D eigenvalue weighted by Crippen LogP contribution is -2.22. The average Bonchev–Trinajstić information content (AvgIpc) is 2.52. The minimum Gasteiger partial charge on any atom is -0.388 e. The summed E-state index contributed by atoms with van der Waals surface area (Å²) in [5.41, 5.74) is 7.38. The Kier molecular flexibility index (Phi) is 5.45. The first-order chi connectivity index (χ1) is 10.2. The van der Waals surface area contributed by atoms with Gasteiger partial charge in [-0.3, -0.25) is 0 Å².